The molecule has 2 aliphatic heterocycles. The number of aliphatic hydroxyl groups excluding tert-OH is 1. The summed E-state index contributed by atoms with van der Waals surface area (Å²) in [5, 5.41) is 11.5. The minimum atomic E-state index is -0.176. The molecule has 1 aromatic rings. The molecule has 1 aromatic carbocycles. The number of hydroxylamine groups is 2. The van der Waals surface area contributed by atoms with Gasteiger partial charge in [-0.3, -0.25) is 9.63 Å². The van der Waals surface area contributed by atoms with Crippen LogP contribution >= 0.6 is 0 Å². The van der Waals surface area contributed by atoms with Crippen molar-refractivity contribution in [3.63, 3.8) is 0 Å². The predicted molar refractivity (Wildman–Crippen MR) is 83.3 cm³/mol. The molecular formula is C17H24N2O3. The van der Waals surface area contributed by atoms with Crippen molar-refractivity contribution in [2.45, 2.75) is 37.9 Å². The quantitative estimate of drug-likeness (QED) is 0.923. The van der Waals surface area contributed by atoms with E-state index in [1.807, 2.05) is 40.3 Å². The second kappa shape index (κ2) is 7.22. The summed E-state index contributed by atoms with van der Waals surface area (Å²) in [6, 6.07) is 9.45. The molecule has 0 radical (unpaired) electrons. The van der Waals surface area contributed by atoms with Gasteiger partial charge in [0.05, 0.1) is 12.2 Å². The number of rotatable bonds is 3. The number of carbonyl (C=O) groups is 1. The molecule has 120 valence electrons. The summed E-state index contributed by atoms with van der Waals surface area (Å²) in [4.78, 5) is 20.3. The van der Waals surface area contributed by atoms with Crippen LogP contribution < -0.4 is 0 Å². The predicted octanol–water partition coefficient (Wildman–Crippen LogP) is 1.68. The molecule has 22 heavy (non-hydrogen) atoms. The summed E-state index contributed by atoms with van der Waals surface area (Å²) < 4.78 is 0. The molecule has 2 saturated heterocycles. The third-order valence-corrected chi connectivity index (χ3v) is 4.47. The van der Waals surface area contributed by atoms with Gasteiger partial charge in [-0.05, 0) is 37.8 Å². The highest BCUT2D eigenvalue weighted by molar-refractivity contribution is 5.94. The lowest BCUT2D eigenvalue weighted by molar-refractivity contribution is -0.221. The average molecular weight is 304 g/mol. The molecule has 5 heteroatoms. The van der Waals surface area contributed by atoms with Crippen LogP contribution in [-0.4, -0.2) is 59.4 Å². The van der Waals surface area contributed by atoms with Gasteiger partial charge in [-0.2, -0.15) is 5.06 Å². The number of benzene rings is 1. The van der Waals surface area contributed by atoms with E-state index in [9.17, 15) is 9.90 Å². The topological polar surface area (TPSA) is 53.0 Å². The van der Waals surface area contributed by atoms with Crippen molar-refractivity contribution in [1.29, 1.82) is 0 Å². The summed E-state index contributed by atoms with van der Waals surface area (Å²) >= 11 is 0. The molecule has 0 aromatic heterocycles. The monoisotopic (exact) mass is 304 g/mol. The maximum atomic E-state index is 12.4. The zero-order valence-electron chi connectivity index (χ0n) is 12.9. The van der Waals surface area contributed by atoms with Crippen molar-refractivity contribution in [2.24, 2.45) is 0 Å². The first-order valence-electron chi connectivity index (χ1n) is 8.16. The molecule has 0 spiro atoms. The van der Waals surface area contributed by atoms with E-state index in [4.69, 9.17) is 4.84 Å². The summed E-state index contributed by atoms with van der Waals surface area (Å²) in [6.07, 6.45) is 3.33. The lowest BCUT2D eigenvalue weighted by Crippen LogP contribution is -2.44. The van der Waals surface area contributed by atoms with Crippen LogP contribution in [0.15, 0.2) is 30.3 Å². The Bertz CT molecular complexity index is 478. The lowest BCUT2D eigenvalue weighted by Gasteiger charge is -2.36. The van der Waals surface area contributed by atoms with Crippen molar-refractivity contribution in [3.05, 3.63) is 35.9 Å². The maximum Gasteiger partial charge on any atom is 0.253 e. The smallest absolute Gasteiger partial charge is 0.253 e. The molecule has 0 saturated carbocycles. The fourth-order valence-corrected chi connectivity index (χ4v) is 3.09. The number of aliphatic hydroxyl groups is 1. The molecular weight excluding hydrogens is 280 g/mol. The van der Waals surface area contributed by atoms with Gasteiger partial charge in [-0.1, -0.05) is 18.2 Å². The highest BCUT2D eigenvalue weighted by Crippen LogP contribution is 2.19. The van der Waals surface area contributed by atoms with E-state index in [2.05, 4.69) is 0 Å². The van der Waals surface area contributed by atoms with Gasteiger partial charge >= 0.3 is 0 Å². The first-order valence-corrected chi connectivity index (χ1v) is 8.16. The van der Waals surface area contributed by atoms with Gasteiger partial charge < -0.3 is 10.0 Å². The molecule has 0 atom stereocenters. The van der Waals surface area contributed by atoms with Gasteiger partial charge in [0.2, 0.25) is 0 Å². The Labute approximate surface area is 131 Å². The number of carbonyl (C=O) groups excluding carboxylic acids is 1. The SMILES string of the molecule is O=C(c1ccccc1)N1CCC(ON2CCC(O)CC2)CC1. The van der Waals surface area contributed by atoms with Crippen LogP contribution in [0.1, 0.15) is 36.0 Å². The van der Waals surface area contributed by atoms with Crippen LogP contribution in [0.4, 0.5) is 0 Å². The zero-order valence-corrected chi connectivity index (χ0v) is 12.9. The summed E-state index contributed by atoms with van der Waals surface area (Å²) in [6.45, 7) is 3.08. The van der Waals surface area contributed by atoms with Gasteiger partial charge in [0.15, 0.2) is 0 Å². The van der Waals surface area contributed by atoms with Gasteiger partial charge in [0.25, 0.3) is 5.91 Å². The highest BCUT2D eigenvalue weighted by atomic mass is 16.7. The molecule has 1 amide bonds. The second-order valence-electron chi connectivity index (χ2n) is 6.12. The van der Waals surface area contributed by atoms with E-state index in [0.29, 0.717) is 0 Å². The molecule has 1 N–H and O–H groups in total. The summed E-state index contributed by atoms with van der Waals surface area (Å²) in [5.74, 6) is 0.111. The lowest BCUT2D eigenvalue weighted by atomic mass is 10.1. The van der Waals surface area contributed by atoms with Crippen molar-refractivity contribution < 1.29 is 14.7 Å². The minimum Gasteiger partial charge on any atom is -0.393 e. The number of amides is 1. The minimum absolute atomic E-state index is 0.111. The Morgan fingerprint density at radius 2 is 1.64 bits per heavy atom. The van der Waals surface area contributed by atoms with E-state index in [1.165, 1.54) is 0 Å². The van der Waals surface area contributed by atoms with Gasteiger partial charge in [0, 0.05) is 31.7 Å². The van der Waals surface area contributed by atoms with Gasteiger partial charge in [0.1, 0.15) is 0 Å². The Morgan fingerprint density at radius 1 is 1.00 bits per heavy atom. The molecule has 2 fully saturated rings. The number of nitrogens with zero attached hydrogens (tertiary/aromatic N) is 2. The van der Waals surface area contributed by atoms with E-state index in [1.54, 1.807) is 0 Å². The molecule has 0 unspecified atom stereocenters. The summed E-state index contributed by atoms with van der Waals surface area (Å²) in [7, 11) is 0. The van der Waals surface area contributed by atoms with Crippen LogP contribution in [0.25, 0.3) is 0 Å². The molecule has 5 nitrogen and oxygen atoms in total. The third-order valence-electron chi connectivity index (χ3n) is 4.47. The number of hydrogen-bond donors (Lipinski definition) is 1. The molecule has 3 rings (SSSR count). The summed E-state index contributed by atoms with van der Waals surface area (Å²) in [5.41, 5.74) is 0.756. The van der Waals surface area contributed by atoms with E-state index in [-0.39, 0.29) is 18.1 Å². The number of hydrogen-bond acceptors (Lipinski definition) is 4. The molecule has 2 heterocycles. The molecule has 0 aliphatic carbocycles. The Hall–Kier alpha value is -1.43. The van der Waals surface area contributed by atoms with Crippen LogP contribution in [0.2, 0.25) is 0 Å². The van der Waals surface area contributed by atoms with Crippen molar-refractivity contribution in [1.82, 2.24) is 9.96 Å². The van der Waals surface area contributed by atoms with Crippen LogP contribution in [-0.2, 0) is 4.84 Å². The third kappa shape index (κ3) is 3.85. The van der Waals surface area contributed by atoms with E-state index in [0.717, 1.165) is 57.4 Å². The highest BCUT2D eigenvalue weighted by Gasteiger charge is 2.27. The largest absolute Gasteiger partial charge is 0.393 e. The Balaban J connectivity index is 1.45. The van der Waals surface area contributed by atoms with Crippen LogP contribution in [0.3, 0.4) is 0 Å². The van der Waals surface area contributed by atoms with Crippen LogP contribution in [0, 0.1) is 0 Å². The van der Waals surface area contributed by atoms with E-state index >= 15 is 0 Å². The zero-order chi connectivity index (χ0) is 15.4. The number of likely N-dealkylation sites (tertiary alicyclic amines) is 1. The fraction of sp³-hybridized carbons (Fsp3) is 0.588. The standard InChI is InChI=1S/C17H24N2O3/c20-15-6-12-19(13-7-15)22-16-8-10-18(11-9-16)17(21)14-4-2-1-3-5-14/h1-5,15-16,20H,6-13H2. The average Bonchev–Trinajstić information content (AvgIpc) is 2.58. The first-order chi connectivity index (χ1) is 10.7. The van der Waals surface area contributed by atoms with E-state index < -0.39 is 0 Å². The first kappa shape index (κ1) is 15.5. The Morgan fingerprint density at radius 3 is 2.27 bits per heavy atom. The Kier molecular flexibility index (Phi) is 5.08. The van der Waals surface area contributed by atoms with Gasteiger partial charge in [-0.25, -0.2) is 0 Å². The molecule has 0 bridgehead atoms. The van der Waals surface area contributed by atoms with Crippen LogP contribution in [0.5, 0.6) is 0 Å². The van der Waals surface area contributed by atoms with Crippen molar-refractivity contribution >= 4 is 5.91 Å². The fourth-order valence-electron chi connectivity index (χ4n) is 3.09. The van der Waals surface area contributed by atoms with Crippen molar-refractivity contribution in [2.75, 3.05) is 26.2 Å². The van der Waals surface area contributed by atoms with Crippen molar-refractivity contribution in [3.8, 4) is 0 Å². The second-order valence-corrected chi connectivity index (χ2v) is 6.12. The normalized spacial score (nSPS) is 22.0. The van der Waals surface area contributed by atoms with Gasteiger partial charge in [-0.15, -0.1) is 0 Å². The maximum absolute atomic E-state index is 12.4. The number of piperidine rings is 2. The molecule has 2 aliphatic rings.